The Balaban J connectivity index is 1.56. The molecule has 5 heterocycles. The predicted octanol–water partition coefficient (Wildman–Crippen LogP) is 4.16. The van der Waals surface area contributed by atoms with Crippen molar-refractivity contribution in [1.82, 2.24) is 40.1 Å². The Hall–Kier alpha value is -4.53. The molecule has 0 amide bonds. The van der Waals surface area contributed by atoms with Crippen LogP contribution in [-0.2, 0) is 0 Å². The van der Waals surface area contributed by atoms with Gasteiger partial charge in [-0.15, -0.1) is 0 Å². The first kappa shape index (κ1) is 17.3. The summed E-state index contributed by atoms with van der Waals surface area (Å²) in [6.07, 6.45) is 7.70. The highest BCUT2D eigenvalue weighted by molar-refractivity contribution is 5.97. The quantitative estimate of drug-likeness (QED) is 0.455. The molecule has 0 atom stereocenters. The van der Waals surface area contributed by atoms with Crippen molar-refractivity contribution >= 4 is 21.9 Å². The van der Waals surface area contributed by atoms with Gasteiger partial charge in [-0.2, -0.15) is 5.10 Å². The third-order valence-electron chi connectivity index (χ3n) is 5.06. The molecule has 6 aromatic rings. The van der Waals surface area contributed by atoms with Crippen LogP contribution >= 0.6 is 0 Å². The average Bonchev–Trinajstić information content (AvgIpc) is 3.45. The Morgan fingerprint density at radius 2 is 1.74 bits per heavy atom. The van der Waals surface area contributed by atoms with Crippen molar-refractivity contribution in [2.75, 3.05) is 0 Å². The first-order chi connectivity index (χ1) is 15.3. The number of hydrogen-bond acceptors (Lipinski definition) is 6. The molecule has 0 fully saturated rings. The van der Waals surface area contributed by atoms with Crippen LogP contribution in [-0.4, -0.2) is 40.1 Å². The van der Waals surface area contributed by atoms with Gasteiger partial charge >= 0.3 is 0 Å². The maximum Gasteiger partial charge on any atom is 0.161 e. The number of imidazole rings is 1. The van der Waals surface area contributed by atoms with Crippen molar-refractivity contribution in [2.24, 2.45) is 0 Å². The molecule has 0 aliphatic carbocycles. The number of para-hydroxylation sites is 1. The van der Waals surface area contributed by atoms with Gasteiger partial charge in [-0.1, -0.05) is 18.2 Å². The summed E-state index contributed by atoms with van der Waals surface area (Å²) in [6.45, 7) is 0. The van der Waals surface area contributed by atoms with Gasteiger partial charge in [0.1, 0.15) is 17.7 Å². The maximum atomic E-state index is 15.5. The fraction of sp³-hybridized carbons (Fsp3) is 0. The summed E-state index contributed by atoms with van der Waals surface area (Å²) < 4.78 is 15.5. The number of H-pyrrole nitrogens is 2. The van der Waals surface area contributed by atoms with Crippen LogP contribution in [0.4, 0.5) is 4.39 Å². The molecule has 0 saturated heterocycles. The molecule has 9 heteroatoms. The molecule has 2 N–H and O–H groups in total. The van der Waals surface area contributed by atoms with Gasteiger partial charge in [-0.05, 0) is 18.2 Å². The Bertz CT molecular complexity index is 1540. The van der Waals surface area contributed by atoms with Crippen molar-refractivity contribution in [2.45, 2.75) is 0 Å². The van der Waals surface area contributed by atoms with Crippen LogP contribution in [0.3, 0.4) is 0 Å². The Labute approximate surface area is 174 Å². The van der Waals surface area contributed by atoms with E-state index in [2.05, 4.69) is 35.1 Å². The van der Waals surface area contributed by atoms with Gasteiger partial charge in [0, 0.05) is 29.7 Å². The molecule has 0 unspecified atom stereocenters. The normalized spacial score (nSPS) is 11.4. The highest BCUT2D eigenvalue weighted by Gasteiger charge is 2.21. The number of rotatable bonds is 3. The minimum absolute atomic E-state index is 0.154. The van der Waals surface area contributed by atoms with Crippen LogP contribution in [0.1, 0.15) is 0 Å². The fourth-order valence-electron chi connectivity index (χ4n) is 3.64. The van der Waals surface area contributed by atoms with Crippen molar-refractivity contribution in [3.63, 3.8) is 0 Å². The third kappa shape index (κ3) is 2.75. The number of fused-ring (bicyclic) bond motifs is 2. The third-order valence-corrected chi connectivity index (χ3v) is 5.06. The van der Waals surface area contributed by atoms with Crippen molar-refractivity contribution in [1.29, 1.82) is 0 Å². The first-order valence-corrected chi connectivity index (χ1v) is 9.48. The summed E-state index contributed by atoms with van der Waals surface area (Å²) in [7, 11) is 0. The van der Waals surface area contributed by atoms with Gasteiger partial charge in [0.2, 0.25) is 0 Å². The second-order valence-corrected chi connectivity index (χ2v) is 6.91. The molecular weight excluding hydrogens is 395 g/mol. The first-order valence-electron chi connectivity index (χ1n) is 9.48. The lowest BCUT2D eigenvalue weighted by Crippen LogP contribution is -1.93. The van der Waals surface area contributed by atoms with Crippen LogP contribution in [0.25, 0.3) is 56.0 Å². The molecule has 148 valence electrons. The summed E-state index contributed by atoms with van der Waals surface area (Å²) in [5.41, 5.74) is 4.70. The maximum absolute atomic E-state index is 15.5. The molecule has 0 aliphatic heterocycles. The van der Waals surface area contributed by atoms with Crippen LogP contribution < -0.4 is 0 Å². The highest BCUT2D eigenvalue weighted by Crippen LogP contribution is 2.33. The zero-order chi connectivity index (χ0) is 20.8. The molecule has 0 saturated carbocycles. The molecular formula is C22H13FN8. The Morgan fingerprint density at radius 1 is 0.839 bits per heavy atom. The van der Waals surface area contributed by atoms with E-state index in [1.54, 1.807) is 12.4 Å². The van der Waals surface area contributed by atoms with Crippen molar-refractivity contribution in [3.8, 4) is 34.0 Å². The number of halogens is 1. The number of benzene rings is 1. The largest absolute Gasteiger partial charge is 0.337 e. The molecule has 31 heavy (non-hydrogen) atoms. The van der Waals surface area contributed by atoms with Gasteiger partial charge in [0.05, 0.1) is 33.8 Å². The van der Waals surface area contributed by atoms with Gasteiger partial charge in [-0.3, -0.25) is 15.1 Å². The average molecular weight is 408 g/mol. The molecule has 1 aromatic carbocycles. The van der Waals surface area contributed by atoms with E-state index in [0.717, 1.165) is 22.3 Å². The lowest BCUT2D eigenvalue weighted by molar-refractivity contribution is 0.638. The standard InChI is InChI=1S/C22H13FN8/c23-18-17-16(10-27-19(18)12-8-24-11-25-9-12)30-31-21(17)22-28-15-6-3-4-13(20(15)29-22)14-5-1-2-7-26-14/h1-11H,(H,28,29)(H,30,31). The van der Waals surface area contributed by atoms with Crippen LogP contribution in [0.2, 0.25) is 0 Å². The Morgan fingerprint density at radius 3 is 2.58 bits per heavy atom. The summed E-state index contributed by atoms with van der Waals surface area (Å²) in [6, 6.07) is 11.5. The van der Waals surface area contributed by atoms with E-state index in [1.165, 1.54) is 18.7 Å². The SMILES string of the molecule is Fc1c(-c2cncnc2)ncc2[nH]nc(-c3nc4c(-c5ccccn5)cccc4[nH]3)c12. The van der Waals surface area contributed by atoms with Crippen LogP contribution in [0.5, 0.6) is 0 Å². The van der Waals surface area contributed by atoms with E-state index in [0.29, 0.717) is 28.0 Å². The van der Waals surface area contributed by atoms with Crippen molar-refractivity contribution < 1.29 is 4.39 Å². The topological polar surface area (TPSA) is 109 Å². The lowest BCUT2D eigenvalue weighted by Gasteiger charge is -2.03. The molecule has 0 aliphatic rings. The lowest BCUT2D eigenvalue weighted by atomic mass is 10.1. The van der Waals surface area contributed by atoms with Gasteiger partial charge < -0.3 is 4.98 Å². The van der Waals surface area contributed by atoms with Gasteiger partial charge in [0.25, 0.3) is 0 Å². The minimum atomic E-state index is -0.513. The zero-order valence-corrected chi connectivity index (χ0v) is 15.9. The predicted molar refractivity (Wildman–Crippen MR) is 113 cm³/mol. The van der Waals surface area contributed by atoms with E-state index in [-0.39, 0.29) is 5.69 Å². The van der Waals surface area contributed by atoms with E-state index in [4.69, 9.17) is 4.98 Å². The molecule has 5 aromatic heterocycles. The number of hydrogen-bond donors (Lipinski definition) is 2. The van der Waals surface area contributed by atoms with Gasteiger partial charge in [-0.25, -0.2) is 19.3 Å². The number of pyridine rings is 2. The number of aromatic nitrogens is 8. The number of aromatic amines is 2. The molecule has 0 bridgehead atoms. The number of nitrogens with zero attached hydrogens (tertiary/aromatic N) is 6. The van der Waals surface area contributed by atoms with Crippen LogP contribution in [0.15, 0.2) is 67.5 Å². The van der Waals surface area contributed by atoms with Crippen molar-refractivity contribution in [3.05, 3.63) is 73.3 Å². The summed E-state index contributed by atoms with van der Waals surface area (Å²) in [5, 5.41) is 7.45. The second-order valence-electron chi connectivity index (χ2n) is 6.91. The molecule has 8 nitrogen and oxygen atoms in total. The molecule has 0 spiro atoms. The van der Waals surface area contributed by atoms with E-state index < -0.39 is 5.82 Å². The van der Waals surface area contributed by atoms with Crippen LogP contribution in [0, 0.1) is 5.82 Å². The molecule has 0 radical (unpaired) electrons. The number of nitrogens with one attached hydrogen (secondary N) is 2. The van der Waals surface area contributed by atoms with E-state index in [1.807, 2.05) is 36.4 Å². The smallest absolute Gasteiger partial charge is 0.161 e. The van der Waals surface area contributed by atoms with E-state index in [9.17, 15) is 0 Å². The fourth-order valence-corrected chi connectivity index (χ4v) is 3.64. The minimum Gasteiger partial charge on any atom is -0.337 e. The summed E-state index contributed by atoms with van der Waals surface area (Å²) >= 11 is 0. The van der Waals surface area contributed by atoms with Gasteiger partial charge in [0.15, 0.2) is 11.6 Å². The summed E-state index contributed by atoms with van der Waals surface area (Å²) in [5.74, 6) is -0.0635. The highest BCUT2D eigenvalue weighted by atomic mass is 19.1. The molecule has 6 rings (SSSR count). The van der Waals surface area contributed by atoms with E-state index >= 15 is 4.39 Å². The zero-order valence-electron chi connectivity index (χ0n) is 15.9. The monoisotopic (exact) mass is 408 g/mol. The second kappa shape index (κ2) is 6.77. The summed E-state index contributed by atoms with van der Waals surface area (Å²) in [4.78, 5) is 24.5. The Kier molecular flexibility index (Phi) is 3.79.